The maximum Gasteiger partial charge on any atom is 0.311 e. The first kappa shape index (κ1) is 18.0. The first-order valence-electron chi connectivity index (χ1n) is 9.14. The molecule has 0 bridgehead atoms. The smallest absolute Gasteiger partial charge is 0.311 e. The molecular formula is C22H20N2O4. The molecule has 3 aromatic rings. The van der Waals surface area contributed by atoms with Gasteiger partial charge in [-0.05, 0) is 19.1 Å². The molecule has 0 N–H and O–H groups in total. The predicted molar refractivity (Wildman–Crippen MR) is 103 cm³/mol. The van der Waals surface area contributed by atoms with E-state index in [2.05, 4.69) is 4.98 Å². The zero-order valence-electron chi connectivity index (χ0n) is 15.5. The van der Waals surface area contributed by atoms with Gasteiger partial charge in [-0.15, -0.1) is 0 Å². The molecule has 1 saturated heterocycles. The fraction of sp³-hybridized carbons (Fsp3) is 0.227. The summed E-state index contributed by atoms with van der Waals surface area (Å²) in [4.78, 5) is 30.5. The number of amides is 1. The number of ether oxygens (including phenoxy) is 1. The molecular weight excluding hydrogens is 356 g/mol. The minimum atomic E-state index is -0.489. The van der Waals surface area contributed by atoms with Gasteiger partial charge in [0, 0.05) is 24.2 Å². The fourth-order valence-corrected chi connectivity index (χ4v) is 3.20. The molecule has 2 aromatic carbocycles. The summed E-state index contributed by atoms with van der Waals surface area (Å²) >= 11 is 0. The van der Waals surface area contributed by atoms with Gasteiger partial charge in [-0.25, -0.2) is 4.98 Å². The normalized spacial score (nSPS) is 16.4. The first-order chi connectivity index (χ1) is 13.6. The standard InChI is InChI=1S/C22H20N2O4/c1-15-7-9-18(10-8-15)24-13-17(11-21(24)25)22(26)27-14-20-23-12-19(28-20)16-5-3-2-4-6-16/h2-10,12,17H,11,13-14H2,1H3/t17-/m0/s1. The highest BCUT2D eigenvalue weighted by Gasteiger charge is 2.36. The summed E-state index contributed by atoms with van der Waals surface area (Å²) in [5, 5.41) is 0. The highest BCUT2D eigenvalue weighted by molar-refractivity contribution is 5.99. The number of carbonyl (C=O) groups excluding carboxylic acids is 2. The third-order valence-corrected chi connectivity index (χ3v) is 4.75. The van der Waals surface area contributed by atoms with E-state index in [0.29, 0.717) is 18.2 Å². The topological polar surface area (TPSA) is 72.6 Å². The largest absolute Gasteiger partial charge is 0.455 e. The van der Waals surface area contributed by atoms with Gasteiger partial charge >= 0.3 is 5.97 Å². The van der Waals surface area contributed by atoms with Crippen molar-refractivity contribution in [2.75, 3.05) is 11.4 Å². The van der Waals surface area contributed by atoms with Crippen molar-refractivity contribution >= 4 is 17.6 Å². The zero-order chi connectivity index (χ0) is 19.5. The lowest BCUT2D eigenvalue weighted by atomic mass is 10.1. The van der Waals surface area contributed by atoms with Crippen molar-refractivity contribution in [1.82, 2.24) is 4.98 Å². The van der Waals surface area contributed by atoms with Crippen LogP contribution in [0, 0.1) is 12.8 Å². The molecule has 1 fully saturated rings. The van der Waals surface area contributed by atoms with Gasteiger partial charge in [-0.1, -0.05) is 48.0 Å². The van der Waals surface area contributed by atoms with E-state index in [0.717, 1.165) is 16.8 Å². The second-order valence-corrected chi connectivity index (χ2v) is 6.83. The molecule has 4 rings (SSSR count). The predicted octanol–water partition coefficient (Wildman–Crippen LogP) is 3.75. The lowest BCUT2D eigenvalue weighted by Gasteiger charge is -2.16. The Morgan fingerprint density at radius 2 is 1.93 bits per heavy atom. The van der Waals surface area contributed by atoms with E-state index >= 15 is 0 Å². The summed E-state index contributed by atoms with van der Waals surface area (Å²) in [5.41, 5.74) is 2.82. The Balaban J connectivity index is 1.35. The Morgan fingerprint density at radius 3 is 2.68 bits per heavy atom. The van der Waals surface area contributed by atoms with Crippen LogP contribution in [0.25, 0.3) is 11.3 Å². The van der Waals surface area contributed by atoms with Crippen molar-refractivity contribution in [3.8, 4) is 11.3 Å². The van der Waals surface area contributed by atoms with Crippen molar-refractivity contribution in [3.63, 3.8) is 0 Å². The van der Waals surface area contributed by atoms with Gasteiger partial charge in [0.05, 0.1) is 12.1 Å². The molecule has 1 amide bonds. The lowest BCUT2D eigenvalue weighted by molar-refractivity contribution is -0.150. The number of esters is 1. The monoisotopic (exact) mass is 376 g/mol. The Morgan fingerprint density at radius 1 is 1.18 bits per heavy atom. The van der Waals surface area contributed by atoms with Crippen LogP contribution in [0.5, 0.6) is 0 Å². The van der Waals surface area contributed by atoms with Crippen molar-refractivity contribution in [2.24, 2.45) is 5.92 Å². The molecule has 1 atom stereocenters. The average molecular weight is 376 g/mol. The molecule has 142 valence electrons. The quantitative estimate of drug-likeness (QED) is 0.634. The fourth-order valence-electron chi connectivity index (χ4n) is 3.20. The van der Waals surface area contributed by atoms with Gasteiger partial charge in [0.25, 0.3) is 0 Å². The van der Waals surface area contributed by atoms with Gasteiger partial charge in [0.2, 0.25) is 11.8 Å². The van der Waals surface area contributed by atoms with Gasteiger partial charge in [0.15, 0.2) is 12.4 Å². The molecule has 0 spiro atoms. The van der Waals surface area contributed by atoms with E-state index in [1.54, 1.807) is 11.1 Å². The van der Waals surface area contributed by atoms with Crippen molar-refractivity contribution in [3.05, 3.63) is 72.2 Å². The molecule has 0 unspecified atom stereocenters. The third kappa shape index (κ3) is 3.81. The number of hydrogen-bond donors (Lipinski definition) is 0. The number of oxazole rings is 1. The Bertz CT molecular complexity index is 979. The molecule has 1 aromatic heterocycles. The van der Waals surface area contributed by atoms with Gasteiger partial charge in [-0.2, -0.15) is 0 Å². The number of hydrogen-bond acceptors (Lipinski definition) is 5. The summed E-state index contributed by atoms with van der Waals surface area (Å²) in [6, 6.07) is 17.2. The van der Waals surface area contributed by atoms with E-state index in [4.69, 9.17) is 9.15 Å². The molecule has 2 heterocycles. The molecule has 0 radical (unpaired) electrons. The van der Waals surface area contributed by atoms with Crippen LogP contribution in [0.1, 0.15) is 17.9 Å². The Labute approximate surface area is 162 Å². The Hall–Kier alpha value is -3.41. The maximum atomic E-state index is 12.4. The van der Waals surface area contributed by atoms with Gasteiger partial charge in [0.1, 0.15) is 0 Å². The van der Waals surface area contributed by atoms with Crippen molar-refractivity contribution in [1.29, 1.82) is 0 Å². The zero-order valence-corrected chi connectivity index (χ0v) is 15.5. The van der Waals surface area contributed by atoms with Crippen LogP contribution in [0.4, 0.5) is 5.69 Å². The second-order valence-electron chi connectivity index (χ2n) is 6.83. The van der Waals surface area contributed by atoms with Crippen LogP contribution in [0.15, 0.2) is 65.2 Å². The molecule has 6 heteroatoms. The SMILES string of the molecule is Cc1ccc(N2C[C@@H](C(=O)OCc3ncc(-c4ccccc4)o3)CC2=O)cc1. The van der Waals surface area contributed by atoms with E-state index < -0.39 is 11.9 Å². The van der Waals surface area contributed by atoms with Crippen LogP contribution in [0.2, 0.25) is 0 Å². The minimum absolute atomic E-state index is 0.0547. The number of carbonyl (C=O) groups is 2. The van der Waals surface area contributed by atoms with Crippen LogP contribution in [0.3, 0.4) is 0 Å². The molecule has 6 nitrogen and oxygen atoms in total. The van der Waals surface area contributed by atoms with Crippen LogP contribution < -0.4 is 4.90 Å². The summed E-state index contributed by atoms with van der Waals surface area (Å²) in [7, 11) is 0. The number of aromatic nitrogens is 1. The van der Waals surface area contributed by atoms with E-state index in [1.165, 1.54) is 0 Å². The molecule has 28 heavy (non-hydrogen) atoms. The van der Waals surface area contributed by atoms with Crippen LogP contribution in [-0.2, 0) is 20.9 Å². The number of anilines is 1. The van der Waals surface area contributed by atoms with Gasteiger partial charge in [-0.3, -0.25) is 9.59 Å². The molecule has 0 saturated carbocycles. The van der Waals surface area contributed by atoms with E-state index in [9.17, 15) is 9.59 Å². The average Bonchev–Trinajstić information content (AvgIpc) is 3.34. The van der Waals surface area contributed by atoms with Crippen molar-refractivity contribution < 1.29 is 18.7 Å². The van der Waals surface area contributed by atoms with Gasteiger partial charge < -0.3 is 14.1 Å². The highest BCUT2D eigenvalue weighted by Crippen LogP contribution is 2.26. The number of rotatable bonds is 5. The number of benzene rings is 2. The third-order valence-electron chi connectivity index (χ3n) is 4.75. The number of aryl methyl sites for hydroxylation is 1. The second kappa shape index (κ2) is 7.68. The van der Waals surface area contributed by atoms with Crippen LogP contribution in [-0.4, -0.2) is 23.4 Å². The molecule has 0 aliphatic carbocycles. The number of nitrogens with zero attached hydrogens (tertiary/aromatic N) is 2. The summed E-state index contributed by atoms with van der Waals surface area (Å²) in [6.07, 6.45) is 1.75. The Kier molecular flexibility index (Phi) is 4.93. The highest BCUT2D eigenvalue weighted by atomic mass is 16.5. The maximum absolute atomic E-state index is 12.4. The summed E-state index contributed by atoms with van der Waals surface area (Å²) in [5.74, 6) is -0.0340. The van der Waals surface area contributed by atoms with Crippen LogP contribution >= 0.6 is 0 Å². The van der Waals surface area contributed by atoms with E-state index in [1.807, 2.05) is 61.5 Å². The van der Waals surface area contributed by atoms with E-state index in [-0.39, 0.29) is 18.9 Å². The first-order valence-corrected chi connectivity index (χ1v) is 9.14. The lowest BCUT2D eigenvalue weighted by Crippen LogP contribution is -2.26. The molecule has 1 aliphatic rings. The summed E-state index contributed by atoms with van der Waals surface area (Å²) < 4.78 is 11.0. The summed E-state index contributed by atoms with van der Waals surface area (Å²) in [6.45, 7) is 2.25. The van der Waals surface area contributed by atoms with Crippen molar-refractivity contribution in [2.45, 2.75) is 20.0 Å². The molecule has 1 aliphatic heterocycles. The minimum Gasteiger partial charge on any atom is -0.455 e.